The third kappa shape index (κ3) is 6.10. The van der Waals surface area contributed by atoms with Gasteiger partial charge in [0, 0.05) is 39.8 Å². The number of sulfonamides is 1. The maximum absolute atomic E-state index is 13.4. The first kappa shape index (κ1) is 26.5. The first-order valence-electron chi connectivity index (χ1n) is 12.0. The maximum atomic E-state index is 13.4. The molecule has 2 amide bonds. The number of amides is 2. The Kier molecular flexibility index (Phi) is 7.96. The molecule has 0 aliphatic carbocycles. The number of piperidine rings is 2. The monoisotopic (exact) mass is 498 g/mol. The van der Waals surface area contributed by atoms with Crippen molar-refractivity contribution in [2.75, 3.05) is 39.8 Å². The Morgan fingerprint density at radius 3 is 2.44 bits per heavy atom. The zero-order chi connectivity index (χ0) is 25.3. The molecule has 3 heterocycles. The number of carbonyl (C=O) groups excluding carboxylic acids is 2. The molecule has 0 radical (unpaired) electrons. The highest BCUT2D eigenvalue weighted by Gasteiger charge is 2.38. The van der Waals surface area contributed by atoms with Gasteiger partial charge >= 0.3 is 6.09 Å². The molecule has 34 heavy (non-hydrogen) atoms. The summed E-state index contributed by atoms with van der Waals surface area (Å²) in [5.74, 6) is 0.0227. The van der Waals surface area contributed by atoms with Gasteiger partial charge in [0.05, 0.1) is 5.92 Å². The van der Waals surface area contributed by atoms with Crippen LogP contribution in [0.5, 0.6) is 0 Å². The van der Waals surface area contributed by atoms with Crippen molar-refractivity contribution in [3.05, 3.63) is 11.5 Å². The first-order chi connectivity index (χ1) is 15.8. The summed E-state index contributed by atoms with van der Waals surface area (Å²) in [4.78, 5) is 29.2. The minimum atomic E-state index is -3.78. The number of rotatable bonds is 5. The van der Waals surface area contributed by atoms with Gasteiger partial charge in [0.2, 0.25) is 15.9 Å². The Labute approximate surface area is 202 Å². The van der Waals surface area contributed by atoms with Gasteiger partial charge < -0.3 is 19.1 Å². The molecular weight excluding hydrogens is 460 g/mol. The van der Waals surface area contributed by atoms with E-state index in [4.69, 9.17) is 9.26 Å². The highest BCUT2D eigenvalue weighted by molar-refractivity contribution is 7.89. The van der Waals surface area contributed by atoms with E-state index < -0.39 is 15.6 Å². The lowest BCUT2D eigenvalue weighted by Gasteiger charge is -2.38. The zero-order valence-electron chi connectivity index (χ0n) is 21.2. The van der Waals surface area contributed by atoms with E-state index in [1.54, 1.807) is 25.8 Å². The van der Waals surface area contributed by atoms with Gasteiger partial charge in [0.25, 0.3) is 0 Å². The van der Waals surface area contributed by atoms with Gasteiger partial charge in [-0.15, -0.1) is 0 Å². The van der Waals surface area contributed by atoms with Crippen molar-refractivity contribution in [3.8, 4) is 0 Å². The first-order valence-corrected chi connectivity index (χ1v) is 13.4. The van der Waals surface area contributed by atoms with Crippen molar-refractivity contribution in [3.63, 3.8) is 0 Å². The smallest absolute Gasteiger partial charge is 0.410 e. The van der Waals surface area contributed by atoms with Crippen LogP contribution in [-0.4, -0.2) is 85.1 Å². The molecule has 2 unspecified atom stereocenters. The molecule has 2 aliphatic heterocycles. The Morgan fingerprint density at radius 1 is 1.15 bits per heavy atom. The maximum Gasteiger partial charge on any atom is 0.410 e. The quantitative estimate of drug-likeness (QED) is 0.613. The van der Waals surface area contributed by atoms with Gasteiger partial charge in [-0.25, -0.2) is 13.2 Å². The van der Waals surface area contributed by atoms with Gasteiger partial charge in [-0.3, -0.25) is 4.79 Å². The lowest BCUT2D eigenvalue weighted by molar-refractivity contribution is -0.138. The summed E-state index contributed by atoms with van der Waals surface area (Å²) in [6.45, 7) is 10.9. The SMILES string of the molecule is Cc1noc(C)c1S(=O)(=O)N1CCCC(C(=O)N2CCCC(CN(C)C(=O)OC(C)(C)C)C2)C1. The Balaban J connectivity index is 1.62. The molecular formula is C23H38N4O6S. The van der Waals surface area contributed by atoms with E-state index in [2.05, 4.69) is 5.16 Å². The topological polar surface area (TPSA) is 113 Å². The second-order valence-electron chi connectivity index (χ2n) is 10.5. The summed E-state index contributed by atoms with van der Waals surface area (Å²) in [6, 6.07) is 0. The molecule has 10 nitrogen and oxygen atoms in total. The third-order valence-corrected chi connectivity index (χ3v) is 8.48. The normalized spacial score (nSPS) is 22.5. The summed E-state index contributed by atoms with van der Waals surface area (Å²) in [5, 5.41) is 3.78. The van der Waals surface area contributed by atoms with Crippen LogP contribution < -0.4 is 0 Å². The Hall–Kier alpha value is -2.14. The number of hydrogen-bond donors (Lipinski definition) is 0. The summed E-state index contributed by atoms with van der Waals surface area (Å²) in [7, 11) is -2.06. The fourth-order valence-corrected chi connectivity index (χ4v) is 6.62. The van der Waals surface area contributed by atoms with Crippen LogP contribution in [0.15, 0.2) is 9.42 Å². The van der Waals surface area contributed by atoms with Gasteiger partial charge in [0.15, 0.2) is 5.76 Å². The molecule has 2 fully saturated rings. The van der Waals surface area contributed by atoms with Crippen LogP contribution in [0.1, 0.15) is 57.9 Å². The second-order valence-corrected chi connectivity index (χ2v) is 12.4. The summed E-state index contributed by atoms with van der Waals surface area (Å²) < 4.78 is 38.3. The molecule has 192 valence electrons. The van der Waals surface area contributed by atoms with Crippen LogP contribution in [0, 0.1) is 25.7 Å². The number of aromatic nitrogens is 1. The summed E-state index contributed by atoms with van der Waals surface area (Å²) in [5.41, 5.74) is -0.226. The molecule has 1 aromatic heterocycles. The zero-order valence-corrected chi connectivity index (χ0v) is 22.0. The predicted octanol–water partition coefficient (Wildman–Crippen LogP) is 2.80. The van der Waals surface area contributed by atoms with Crippen LogP contribution in [0.4, 0.5) is 4.79 Å². The molecule has 0 spiro atoms. The number of ether oxygens (including phenoxy) is 1. The fraction of sp³-hybridized carbons (Fsp3) is 0.783. The average molecular weight is 499 g/mol. The highest BCUT2D eigenvalue weighted by atomic mass is 32.2. The number of nitrogens with zero attached hydrogens (tertiary/aromatic N) is 4. The van der Waals surface area contributed by atoms with E-state index >= 15 is 0 Å². The van der Waals surface area contributed by atoms with E-state index in [9.17, 15) is 18.0 Å². The van der Waals surface area contributed by atoms with Gasteiger partial charge in [-0.1, -0.05) is 5.16 Å². The lowest BCUT2D eigenvalue weighted by Crippen LogP contribution is -2.50. The Morgan fingerprint density at radius 2 is 1.82 bits per heavy atom. The number of carbonyl (C=O) groups is 2. The number of aryl methyl sites for hydroxylation is 2. The van der Waals surface area contributed by atoms with Crippen LogP contribution in [0.25, 0.3) is 0 Å². The second kappa shape index (κ2) is 10.2. The lowest BCUT2D eigenvalue weighted by atomic mass is 9.93. The highest BCUT2D eigenvalue weighted by Crippen LogP contribution is 2.29. The molecule has 0 saturated carbocycles. The van der Waals surface area contributed by atoms with Gasteiger partial charge in [-0.2, -0.15) is 4.31 Å². The summed E-state index contributed by atoms with van der Waals surface area (Å²) in [6.07, 6.45) is 2.69. The van der Waals surface area contributed by atoms with Crippen LogP contribution in [0.3, 0.4) is 0 Å². The van der Waals surface area contributed by atoms with E-state index in [1.165, 1.54) is 4.31 Å². The number of likely N-dealkylation sites (tertiary alicyclic amines) is 1. The van der Waals surface area contributed by atoms with E-state index in [0.717, 1.165) is 12.8 Å². The summed E-state index contributed by atoms with van der Waals surface area (Å²) >= 11 is 0. The van der Waals surface area contributed by atoms with E-state index in [1.807, 2.05) is 25.7 Å². The average Bonchev–Trinajstić information content (AvgIpc) is 3.11. The predicted molar refractivity (Wildman–Crippen MR) is 126 cm³/mol. The fourth-order valence-electron chi connectivity index (χ4n) is 4.81. The van der Waals surface area contributed by atoms with Crippen molar-refractivity contribution in [1.82, 2.24) is 19.3 Å². The molecule has 1 aromatic rings. The third-order valence-electron chi connectivity index (χ3n) is 6.37. The van der Waals surface area contributed by atoms with Crippen LogP contribution >= 0.6 is 0 Å². The van der Waals surface area contributed by atoms with Crippen molar-refractivity contribution in [2.45, 2.75) is 70.8 Å². The molecule has 2 aliphatic rings. The minimum absolute atomic E-state index is 0.0108. The molecule has 0 N–H and O–H groups in total. The Bertz CT molecular complexity index is 980. The van der Waals surface area contributed by atoms with E-state index in [-0.39, 0.29) is 41.0 Å². The van der Waals surface area contributed by atoms with E-state index in [0.29, 0.717) is 44.7 Å². The van der Waals surface area contributed by atoms with Crippen molar-refractivity contribution in [2.24, 2.45) is 11.8 Å². The van der Waals surface area contributed by atoms with Crippen molar-refractivity contribution >= 4 is 22.0 Å². The molecule has 11 heteroatoms. The molecule has 2 saturated heterocycles. The van der Waals surface area contributed by atoms with Crippen molar-refractivity contribution < 1.29 is 27.3 Å². The molecule has 3 rings (SSSR count). The number of hydrogen-bond acceptors (Lipinski definition) is 7. The van der Waals surface area contributed by atoms with Crippen LogP contribution in [0.2, 0.25) is 0 Å². The standard InChI is InChI=1S/C23H38N4O6S/c1-16-20(17(2)33-24-16)34(30,31)27-12-8-10-19(15-27)21(28)26-11-7-9-18(14-26)13-25(6)22(29)32-23(3,4)5/h18-19H,7-15H2,1-6H3. The molecule has 0 bridgehead atoms. The van der Waals surface area contributed by atoms with Gasteiger partial charge in [0.1, 0.15) is 16.2 Å². The molecule has 0 aromatic carbocycles. The van der Waals surface area contributed by atoms with Crippen molar-refractivity contribution in [1.29, 1.82) is 0 Å². The molecule has 2 atom stereocenters. The van der Waals surface area contributed by atoms with Gasteiger partial charge in [-0.05, 0) is 66.2 Å². The van der Waals surface area contributed by atoms with Crippen LogP contribution in [-0.2, 0) is 19.6 Å². The minimum Gasteiger partial charge on any atom is -0.444 e. The largest absolute Gasteiger partial charge is 0.444 e.